The molecule has 4 heterocycles. The molecule has 0 spiro atoms. The lowest BCUT2D eigenvalue weighted by Gasteiger charge is -2.33. The predicted octanol–water partition coefficient (Wildman–Crippen LogP) is 1.93. The van der Waals surface area contributed by atoms with Crippen LogP contribution in [0.1, 0.15) is 44.7 Å². The van der Waals surface area contributed by atoms with Gasteiger partial charge in [-0.05, 0) is 38.8 Å². The Morgan fingerprint density at radius 2 is 2.11 bits per heavy atom. The van der Waals surface area contributed by atoms with Gasteiger partial charge in [0.25, 0.3) is 0 Å². The van der Waals surface area contributed by atoms with Crippen LogP contribution < -0.4 is 0 Å². The average Bonchev–Trinajstić information content (AvgIpc) is 3.22. The van der Waals surface area contributed by atoms with Gasteiger partial charge in [-0.15, -0.1) is 0 Å². The third-order valence-electron chi connectivity index (χ3n) is 5.88. The average molecular weight is 369 g/mol. The molecule has 2 aromatic rings. The number of carbonyl (C=O) groups excluding carboxylic acids is 2. The number of likely N-dealkylation sites (tertiary alicyclic amines) is 2. The van der Waals surface area contributed by atoms with Crippen LogP contribution in [0.15, 0.2) is 18.3 Å². The Morgan fingerprint density at radius 1 is 1.30 bits per heavy atom. The first-order valence-electron chi connectivity index (χ1n) is 9.81. The number of fused-ring (bicyclic) bond motifs is 1. The topological polar surface area (TPSA) is 71.3 Å². The number of nitrogens with zero attached hydrogens (tertiary/aromatic N) is 5. The maximum Gasteiger partial charge on any atom is 0.228 e. The van der Waals surface area contributed by atoms with Gasteiger partial charge in [-0.2, -0.15) is 5.10 Å². The number of hydrogen-bond acceptors (Lipinski definition) is 4. The second-order valence-electron chi connectivity index (χ2n) is 8.05. The van der Waals surface area contributed by atoms with Gasteiger partial charge < -0.3 is 9.80 Å². The van der Waals surface area contributed by atoms with Crippen LogP contribution in [-0.2, 0) is 16.6 Å². The molecule has 0 aliphatic carbocycles. The molecule has 0 aromatic carbocycles. The normalized spacial score (nSPS) is 23.6. The van der Waals surface area contributed by atoms with Gasteiger partial charge in [0.2, 0.25) is 11.8 Å². The Balaban J connectivity index is 1.51. The molecule has 2 saturated heterocycles. The van der Waals surface area contributed by atoms with E-state index in [1.54, 1.807) is 6.20 Å². The number of hydrogen-bond donors (Lipinski definition) is 0. The third kappa shape index (κ3) is 3.19. The summed E-state index contributed by atoms with van der Waals surface area (Å²) < 4.78 is 1.82. The monoisotopic (exact) mass is 369 g/mol. The second kappa shape index (κ2) is 6.94. The quantitative estimate of drug-likeness (QED) is 0.829. The summed E-state index contributed by atoms with van der Waals surface area (Å²) in [5, 5.41) is 5.78. The van der Waals surface area contributed by atoms with Crippen molar-refractivity contribution in [2.24, 2.45) is 13.0 Å². The highest BCUT2D eigenvalue weighted by atomic mass is 16.2. The van der Waals surface area contributed by atoms with Crippen molar-refractivity contribution in [1.82, 2.24) is 24.6 Å². The van der Waals surface area contributed by atoms with Crippen molar-refractivity contribution in [2.75, 3.05) is 19.6 Å². The zero-order chi connectivity index (χ0) is 19.1. The molecule has 2 aromatic heterocycles. The van der Waals surface area contributed by atoms with Gasteiger partial charge in [0, 0.05) is 56.6 Å². The van der Waals surface area contributed by atoms with Crippen LogP contribution in [0, 0.1) is 5.92 Å². The Labute approximate surface area is 159 Å². The zero-order valence-corrected chi connectivity index (χ0v) is 16.3. The van der Waals surface area contributed by atoms with Crippen LogP contribution in [-0.4, -0.2) is 62.1 Å². The Hall–Kier alpha value is -2.44. The van der Waals surface area contributed by atoms with Crippen LogP contribution in [0.3, 0.4) is 0 Å². The van der Waals surface area contributed by atoms with Crippen molar-refractivity contribution in [2.45, 2.75) is 45.1 Å². The summed E-state index contributed by atoms with van der Waals surface area (Å²) >= 11 is 0. The lowest BCUT2D eigenvalue weighted by Crippen LogP contribution is -2.43. The molecule has 2 amide bonds. The summed E-state index contributed by atoms with van der Waals surface area (Å²) in [7, 11) is 1.91. The molecule has 4 rings (SSSR count). The molecule has 2 aliphatic rings. The number of piperidine rings is 1. The van der Waals surface area contributed by atoms with Gasteiger partial charge in [0.05, 0.1) is 11.6 Å². The van der Waals surface area contributed by atoms with Gasteiger partial charge in [0.15, 0.2) is 5.65 Å². The van der Waals surface area contributed by atoms with E-state index in [0.717, 1.165) is 36.1 Å². The first-order valence-corrected chi connectivity index (χ1v) is 9.81. The molecule has 0 radical (unpaired) electrons. The molecule has 2 unspecified atom stereocenters. The second-order valence-corrected chi connectivity index (χ2v) is 8.05. The van der Waals surface area contributed by atoms with Crippen LogP contribution >= 0.6 is 0 Å². The zero-order valence-electron chi connectivity index (χ0n) is 16.3. The summed E-state index contributed by atoms with van der Waals surface area (Å²) in [5.41, 5.74) is 1.91. The molecule has 7 heteroatoms. The largest absolute Gasteiger partial charge is 0.342 e. The first-order chi connectivity index (χ1) is 13.0. The van der Waals surface area contributed by atoms with E-state index in [4.69, 9.17) is 5.10 Å². The number of carbonyl (C=O) groups is 2. The molecule has 27 heavy (non-hydrogen) atoms. The van der Waals surface area contributed by atoms with Crippen molar-refractivity contribution in [3.8, 4) is 0 Å². The number of pyridine rings is 1. The lowest BCUT2D eigenvalue weighted by molar-refractivity contribution is -0.137. The molecule has 144 valence electrons. The van der Waals surface area contributed by atoms with Gasteiger partial charge in [-0.25, -0.2) is 4.98 Å². The van der Waals surface area contributed by atoms with E-state index >= 15 is 0 Å². The van der Waals surface area contributed by atoms with Gasteiger partial charge in [-0.3, -0.25) is 14.3 Å². The smallest absolute Gasteiger partial charge is 0.228 e. The fourth-order valence-electron chi connectivity index (χ4n) is 4.47. The summed E-state index contributed by atoms with van der Waals surface area (Å²) in [5.74, 6) is 0.225. The molecule has 2 aliphatic heterocycles. The van der Waals surface area contributed by atoms with Crippen molar-refractivity contribution in [3.63, 3.8) is 0 Å². The molecule has 0 N–H and O–H groups in total. The van der Waals surface area contributed by atoms with Gasteiger partial charge in [0.1, 0.15) is 0 Å². The van der Waals surface area contributed by atoms with E-state index in [1.807, 2.05) is 41.4 Å². The van der Waals surface area contributed by atoms with E-state index in [9.17, 15) is 9.59 Å². The van der Waals surface area contributed by atoms with Crippen LogP contribution in [0.2, 0.25) is 0 Å². The highest BCUT2D eigenvalue weighted by Gasteiger charge is 2.39. The first kappa shape index (κ1) is 17.9. The van der Waals surface area contributed by atoms with Crippen molar-refractivity contribution in [1.29, 1.82) is 0 Å². The van der Waals surface area contributed by atoms with E-state index in [-0.39, 0.29) is 29.7 Å². The fourth-order valence-corrected chi connectivity index (χ4v) is 4.47. The Bertz CT molecular complexity index is 874. The van der Waals surface area contributed by atoms with Gasteiger partial charge in [-0.1, -0.05) is 0 Å². The maximum atomic E-state index is 13.1. The summed E-state index contributed by atoms with van der Waals surface area (Å²) in [6.07, 6.45) is 4.10. The van der Waals surface area contributed by atoms with Crippen LogP contribution in [0.5, 0.6) is 0 Å². The van der Waals surface area contributed by atoms with Crippen LogP contribution in [0.25, 0.3) is 11.0 Å². The highest BCUT2D eigenvalue weighted by Crippen LogP contribution is 2.32. The van der Waals surface area contributed by atoms with Crippen molar-refractivity contribution in [3.05, 3.63) is 24.0 Å². The van der Waals surface area contributed by atoms with E-state index in [0.29, 0.717) is 19.5 Å². The van der Waals surface area contributed by atoms with E-state index in [2.05, 4.69) is 11.1 Å². The summed E-state index contributed by atoms with van der Waals surface area (Å²) in [6.45, 7) is 5.99. The lowest BCUT2D eigenvalue weighted by atomic mass is 9.92. The minimum atomic E-state index is -0.208. The van der Waals surface area contributed by atoms with E-state index < -0.39 is 0 Å². The molecule has 0 bridgehead atoms. The number of aromatic nitrogens is 3. The minimum absolute atomic E-state index is 0.0960. The SMILES string of the molecule is CC(C)N1CC(C(=O)N2CCCC(c3nn(C)c4ncccc34)C2)CC1=O. The maximum absolute atomic E-state index is 13.1. The molecular formula is C20H27N5O2. The third-order valence-corrected chi connectivity index (χ3v) is 5.88. The molecule has 2 atom stereocenters. The van der Waals surface area contributed by atoms with Crippen molar-refractivity contribution >= 4 is 22.8 Å². The standard InChI is InChI=1S/C20H27N5O2/c1-13(2)25-12-15(10-17(25)26)20(27)24-9-5-6-14(11-24)18-16-7-4-8-21-19(16)23(3)22-18/h4,7-8,13-15H,5-6,9-12H2,1-3H3. The summed E-state index contributed by atoms with van der Waals surface area (Å²) in [4.78, 5) is 33.4. The summed E-state index contributed by atoms with van der Waals surface area (Å²) in [6, 6.07) is 4.14. The predicted molar refractivity (Wildman–Crippen MR) is 102 cm³/mol. The molecular weight excluding hydrogens is 342 g/mol. The highest BCUT2D eigenvalue weighted by molar-refractivity contribution is 5.89. The van der Waals surface area contributed by atoms with E-state index in [1.165, 1.54) is 0 Å². The number of aryl methyl sites for hydroxylation is 1. The fraction of sp³-hybridized carbons (Fsp3) is 0.600. The number of rotatable bonds is 3. The Morgan fingerprint density at radius 3 is 2.85 bits per heavy atom. The van der Waals surface area contributed by atoms with Crippen molar-refractivity contribution < 1.29 is 9.59 Å². The molecule has 0 saturated carbocycles. The Kier molecular flexibility index (Phi) is 4.61. The number of amides is 2. The molecule has 2 fully saturated rings. The van der Waals surface area contributed by atoms with Gasteiger partial charge >= 0.3 is 0 Å². The minimum Gasteiger partial charge on any atom is -0.342 e. The van der Waals surface area contributed by atoms with Crippen LogP contribution in [0.4, 0.5) is 0 Å². The molecule has 7 nitrogen and oxygen atoms in total.